The third kappa shape index (κ3) is 7.23. The molecule has 1 aromatic heterocycles. The van der Waals surface area contributed by atoms with Crippen LogP contribution in [0.25, 0.3) is 0 Å². The monoisotopic (exact) mass is 840 g/mol. The summed E-state index contributed by atoms with van der Waals surface area (Å²) in [4.78, 5) is 36.2. The van der Waals surface area contributed by atoms with Crippen molar-refractivity contribution in [3.8, 4) is 0 Å². The fraction of sp³-hybridized carbons (Fsp3) is 0.804. The third-order valence-electron chi connectivity index (χ3n) is 18.5. The Morgan fingerprint density at radius 2 is 1.67 bits per heavy atom. The van der Waals surface area contributed by atoms with Gasteiger partial charge in [-0.25, -0.2) is 13.2 Å². The molecule has 4 saturated carbocycles. The molecule has 4 N–H and O–H groups in total. The molecule has 5 fully saturated rings. The molecular weight excluding hydrogens is 769 g/mol. The summed E-state index contributed by atoms with van der Waals surface area (Å²) < 4.78 is 26.3. The quantitative estimate of drug-likeness (QED) is 0.193. The van der Waals surface area contributed by atoms with Gasteiger partial charge in [-0.15, -0.1) is 0 Å². The fourth-order valence-electron chi connectivity index (χ4n) is 15.1. The molecule has 0 aromatic carbocycles. The maximum absolute atomic E-state index is 12.2. The summed E-state index contributed by atoms with van der Waals surface area (Å²) in [6.07, 6.45) is 19.3. The van der Waals surface area contributed by atoms with Crippen LogP contribution < -0.4 is 15.9 Å². The van der Waals surface area contributed by atoms with Crippen LogP contribution >= 0.6 is 11.5 Å². The molecule has 0 bridgehead atoms. The lowest BCUT2D eigenvalue weighted by Gasteiger charge is -2.72. The van der Waals surface area contributed by atoms with E-state index in [4.69, 9.17) is 0 Å². The van der Waals surface area contributed by atoms with Crippen LogP contribution in [0.15, 0.2) is 45.0 Å². The number of carbonyl (C=O) groups is 1. The topological polar surface area (TPSA) is 152 Å². The molecule has 58 heavy (non-hydrogen) atoms. The Morgan fingerprint density at radius 1 is 0.948 bits per heavy atom. The highest BCUT2D eigenvalue weighted by atomic mass is 32.2. The highest BCUT2D eigenvalue weighted by Gasteiger charge is 2.70. The standard InChI is InChI=1S/C44H70N2O4S.C2H2N2O2S/c1-9-43(38(47)48)19-12-31(13-20-43)33-15-17-40(6)35(39(33,4)5)16-18-42(8)36(40)11-10-34-37-32(30(2)3)14-21-44(37,23-22-41(34,42)7)45-24-25-46-26-28-51(49,50)29-27-46;5-1-3-2(6)7-4-1/h12,15,32,34-37,45H,2,9-11,13-14,16-29H2,1,3-8H3,(H,47,48);(H2,3,4,5,6)/t32-,34+,35-,36+,37+,40-,41+,42+,43?,44-;/m0./s1. The normalized spacial score (nSPS) is 41.6. The van der Waals surface area contributed by atoms with Crippen molar-refractivity contribution in [1.29, 1.82) is 0 Å². The molecule has 6 aliphatic carbocycles. The smallest absolute Gasteiger partial charge is 0.335 e. The molecule has 10 nitrogen and oxygen atoms in total. The number of H-pyrrole nitrogens is 2. The summed E-state index contributed by atoms with van der Waals surface area (Å²) in [5, 5.41) is 14.3. The maximum atomic E-state index is 12.2. The van der Waals surface area contributed by atoms with Gasteiger partial charge >= 0.3 is 16.5 Å². The van der Waals surface area contributed by atoms with Gasteiger partial charge in [-0.2, -0.15) is 0 Å². The second-order valence-corrected chi connectivity index (χ2v) is 24.2. The van der Waals surface area contributed by atoms with Crippen molar-refractivity contribution in [3.63, 3.8) is 0 Å². The SMILES string of the molecule is C=C(C)[C@@H]1CC[C@]2(NCCN3CCS(=O)(=O)CC3)CC[C@]3(C)[C@H](CC[C@@H]4[C@@]5(C)CC=C(C6=CCC(CC)(C(=O)O)CC6)C(C)(C)[C@@H]5CC[C@]43C)[C@@H]12.O=c1[nH]sc(=O)[nH]1. The van der Waals surface area contributed by atoms with Gasteiger partial charge in [0.1, 0.15) is 0 Å². The first-order valence-electron chi connectivity index (χ1n) is 22.4. The van der Waals surface area contributed by atoms with Gasteiger partial charge in [0, 0.05) is 43.3 Å². The number of carboxylic acid groups (broad SMARTS) is 1. The minimum atomic E-state index is -2.86. The van der Waals surface area contributed by atoms with E-state index in [2.05, 4.69) is 74.9 Å². The lowest BCUT2D eigenvalue weighted by molar-refractivity contribution is -0.221. The molecule has 0 amide bonds. The van der Waals surface area contributed by atoms with Gasteiger partial charge in [-0.3, -0.25) is 18.9 Å². The van der Waals surface area contributed by atoms with Crippen LogP contribution in [0.5, 0.6) is 0 Å². The molecule has 7 aliphatic rings. The average molecular weight is 841 g/mol. The van der Waals surface area contributed by atoms with Gasteiger partial charge < -0.3 is 15.3 Å². The van der Waals surface area contributed by atoms with Crippen molar-refractivity contribution < 1.29 is 18.3 Å². The van der Waals surface area contributed by atoms with Crippen LogP contribution in [0.2, 0.25) is 0 Å². The van der Waals surface area contributed by atoms with Crippen molar-refractivity contribution in [2.24, 2.45) is 56.7 Å². The molecule has 1 saturated heterocycles. The first kappa shape index (κ1) is 43.8. The number of sulfone groups is 1. The number of carboxylic acids is 1. The minimum absolute atomic E-state index is 0.0774. The number of aromatic amines is 2. The Bertz CT molecular complexity index is 2010. The number of nitrogens with one attached hydrogen (secondary N) is 3. The first-order valence-corrected chi connectivity index (χ1v) is 25.1. The number of fused-ring (bicyclic) bond motifs is 7. The van der Waals surface area contributed by atoms with E-state index in [0.29, 0.717) is 77.9 Å². The van der Waals surface area contributed by atoms with E-state index in [-0.39, 0.29) is 21.2 Å². The summed E-state index contributed by atoms with van der Waals surface area (Å²) in [5.41, 5.74) is 4.39. The van der Waals surface area contributed by atoms with E-state index in [1.165, 1.54) is 68.1 Å². The summed E-state index contributed by atoms with van der Waals surface area (Å²) >= 11 is 0.756. The maximum Gasteiger partial charge on any atom is 0.335 e. The number of nitrogens with zero attached hydrogens (tertiary/aromatic N) is 1. The van der Waals surface area contributed by atoms with Gasteiger partial charge in [-0.05, 0) is 153 Å². The molecule has 0 radical (unpaired) electrons. The van der Waals surface area contributed by atoms with Crippen molar-refractivity contribution in [2.75, 3.05) is 37.7 Å². The zero-order chi connectivity index (χ0) is 42.1. The van der Waals surface area contributed by atoms with E-state index < -0.39 is 26.9 Å². The van der Waals surface area contributed by atoms with Gasteiger partial charge in [0.05, 0.1) is 16.9 Å². The van der Waals surface area contributed by atoms with E-state index in [1.807, 2.05) is 11.9 Å². The first-order chi connectivity index (χ1) is 27.2. The van der Waals surface area contributed by atoms with Crippen LogP contribution in [0, 0.1) is 56.7 Å². The summed E-state index contributed by atoms with van der Waals surface area (Å²) in [7, 11) is -2.86. The Hall–Kier alpha value is -2.28. The van der Waals surface area contributed by atoms with Crippen LogP contribution in [-0.2, 0) is 14.6 Å². The molecular formula is C46H72N4O6S2. The highest BCUT2D eigenvalue weighted by molar-refractivity contribution is 7.91. The Labute approximate surface area is 351 Å². The molecule has 1 unspecified atom stereocenters. The summed E-state index contributed by atoms with van der Waals surface area (Å²) in [6.45, 7) is 25.3. The van der Waals surface area contributed by atoms with Crippen molar-refractivity contribution >= 4 is 27.3 Å². The Kier molecular flexibility index (Phi) is 11.8. The molecule has 324 valence electrons. The van der Waals surface area contributed by atoms with E-state index in [0.717, 1.165) is 43.9 Å². The zero-order valence-electron chi connectivity index (χ0n) is 36.4. The van der Waals surface area contributed by atoms with Crippen LogP contribution in [-0.4, -0.2) is 77.0 Å². The fourth-order valence-corrected chi connectivity index (χ4v) is 16.7. The predicted octanol–water partition coefficient (Wildman–Crippen LogP) is 7.97. The van der Waals surface area contributed by atoms with Gasteiger partial charge in [0.2, 0.25) is 0 Å². The summed E-state index contributed by atoms with van der Waals surface area (Å²) in [6, 6.07) is 0. The largest absolute Gasteiger partial charge is 0.481 e. The van der Waals surface area contributed by atoms with Gasteiger partial charge in [0.25, 0.3) is 0 Å². The van der Waals surface area contributed by atoms with Crippen LogP contribution in [0.3, 0.4) is 0 Å². The molecule has 1 aromatic rings. The highest BCUT2D eigenvalue weighted by Crippen LogP contribution is 2.76. The molecule has 10 atom stereocenters. The predicted molar refractivity (Wildman–Crippen MR) is 234 cm³/mol. The third-order valence-corrected chi connectivity index (χ3v) is 20.7. The van der Waals surface area contributed by atoms with Crippen LogP contribution in [0.1, 0.15) is 132 Å². The van der Waals surface area contributed by atoms with Crippen LogP contribution in [0.4, 0.5) is 0 Å². The molecule has 12 heteroatoms. The average Bonchev–Trinajstić information content (AvgIpc) is 3.74. The van der Waals surface area contributed by atoms with Crippen molar-refractivity contribution in [1.82, 2.24) is 19.6 Å². The second kappa shape index (κ2) is 15.6. The van der Waals surface area contributed by atoms with Gasteiger partial charge in [0.15, 0.2) is 9.84 Å². The lowest BCUT2D eigenvalue weighted by atomic mass is 9.33. The van der Waals surface area contributed by atoms with Gasteiger partial charge in [-0.1, -0.05) is 65.8 Å². The molecule has 1 aliphatic heterocycles. The van der Waals surface area contributed by atoms with E-state index in [1.54, 1.807) is 0 Å². The number of aliphatic carboxylic acids is 1. The Morgan fingerprint density at radius 3 is 2.24 bits per heavy atom. The number of hydrogen-bond donors (Lipinski definition) is 4. The number of hydrogen-bond acceptors (Lipinski definition) is 8. The zero-order valence-corrected chi connectivity index (χ0v) is 38.1. The van der Waals surface area contributed by atoms with Crippen molar-refractivity contribution in [2.45, 2.75) is 137 Å². The lowest BCUT2D eigenvalue weighted by Crippen LogP contribution is -2.68. The minimum Gasteiger partial charge on any atom is -0.481 e. The number of aromatic nitrogens is 2. The molecule has 2 heterocycles. The van der Waals surface area contributed by atoms with E-state index in [9.17, 15) is 27.9 Å². The van der Waals surface area contributed by atoms with Crippen molar-refractivity contribution in [3.05, 3.63) is 55.6 Å². The molecule has 8 rings (SSSR count). The molecule has 0 spiro atoms. The number of allylic oxidation sites excluding steroid dienone is 5. The second-order valence-electron chi connectivity index (χ2n) is 21.1. The summed E-state index contributed by atoms with van der Waals surface area (Å²) in [5.74, 6) is 3.19. The van der Waals surface area contributed by atoms with E-state index >= 15 is 0 Å². The number of rotatable bonds is 8. The Balaban J connectivity index is 0.000000662.